The summed E-state index contributed by atoms with van der Waals surface area (Å²) in [6.45, 7) is 4.92. The number of fused-ring (bicyclic) bond motifs is 1. The summed E-state index contributed by atoms with van der Waals surface area (Å²) < 4.78 is 28.8. The summed E-state index contributed by atoms with van der Waals surface area (Å²) in [7, 11) is 1.37. The van der Waals surface area contributed by atoms with E-state index >= 15 is 0 Å². The molecule has 9 heteroatoms. The fourth-order valence-corrected chi connectivity index (χ4v) is 4.01. The standard InChI is InChI=1S/C23H25F2N5O2/c1-3-15-9-19-20(28-22(15)31)8-14(12-27-19)13-29-4-6-30(7-5-29)21-11-17(24)16(10-18(21)25)23(32)26-2/h8-12H,3-7,13H2,1-2H3,(H,26,32)(H,28,31). The summed E-state index contributed by atoms with van der Waals surface area (Å²) in [5.41, 5.74) is 2.90. The van der Waals surface area contributed by atoms with Gasteiger partial charge >= 0.3 is 0 Å². The second-order valence-electron chi connectivity index (χ2n) is 7.88. The summed E-state index contributed by atoms with van der Waals surface area (Å²) in [5, 5.41) is 2.31. The Balaban J connectivity index is 1.44. The zero-order valence-corrected chi connectivity index (χ0v) is 18.0. The number of nitrogens with one attached hydrogen (secondary N) is 2. The van der Waals surface area contributed by atoms with Gasteiger partial charge in [0.25, 0.3) is 11.5 Å². The molecule has 7 nitrogen and oxygen atoms in total. The summed E-state index contributed by atoms with van der Waals surface area (Å²) in [6, 6.07) is 5.78. The Morgan fingerprint density at radius 3 is 2.56 bits per heavy atom. The highest BCUT2D eigenvalue weighted by atomic mass is 19.1. The minimum atomic E-state index is -0.745. The molecule has 1 saturated heterocycles. The van der Waals surface area contributed by atoms with E-state index in [9.17, 15) is 18.4 Å². The first-order valence-corrected chi connectivity index (χ1v) is 10.6. The number of halogens is 2. The van der Waals surface area contributed by atoms with E-state index in [-0.39, 0.29) is 16.8 Å². The third-order valence-corrected chi connectivity index (χ3v) is 5.83. The van der Waals surface area contributed by atoms with Crippen molar-refractivity contribution in [3.05, 3.63) is 69.1 Å². The molecule has 1 aliphatic heterocycles. The summed E-state index contributed by atoms with van der Waals surface area (Å²) >= 11 is 0. The molecular weight excluding hydrogens is 416 g/mol. The number of aromatic amines is 1. The second-order valence-corrected chi connectivity index (χ2v) is 7.88. The van der Waals surface area contributed by atoms with Crippen LogP contribution in [0.1, 0.15) is 28.4 Å². The molecular formula is C23H25F2N5O2. The van der Waals surface area contributed by atoms with Gasteiger partial charge in [-0.3, -0.25) is 19.5 Å². The number of anilines is 1. The SMILES string of the molecule is CCc1cc2ncc(CN3CCN(c4cc(F)c(C(=O)NC)cc4F)CC3)cc2[nH]c1=O. The molecule has 1 fully saturated rings. The number of hydrogen-bond acceptors (Lipinski definition) is 5. The smallest absolute Gasteiger partial charge is 0.254 e. The second kappa shape index (κ2) is 9.04. The van der Waals surface area contributed by atoms with Crippen molar-refractivity contribution in [1.82, 2.24) is 20.2 Å². The van der Waals surface area contributed by atoms with Gasteiger partial charge < -0.3 is 15.2 Å². The Bertz CT molecular complexity index is 1220. The van der Waals surface area contributed by atoms with E-state index in [1.807, 2.05) is 19.1 Å². The highest BCUT2D eigenvalue weighted by Gasteiger charge is 2.23. The largest absolute Gasteiger partial charge is 0.367 e. The van der Waals surface area contributed by atoms with Crippen molar-refractivity contribution in [3.63, 3.8) is 0 Å². The van der Waals surface area contributed by atoms with Crippen LogP contribution in [0.3, 0.4) is 0 Å². The Morgan fingerprint density at radius 2 is 1.88 bits per heavy atom. The van der Waals surface area contributed by atoms with E-state index in [2.05, 4.69) is 20.2 Å². The number of piperazine rings is 1. The molecule has 168 valence electrons. The zero-order valence-electron chi connectivity index (χ0n) is 18.0. The maximum Gasteiger partial charge on any atom is 0.254 e. The van der Waals surface area contributed by atoms with Crippen LogP contribution in [0.4, 0.5) is 14.5 Å². The number of carbonyl (C=O) groups excluding carboxylic acids is 1. The lowest BCUT2D eigenvalue weighted by molar-refractivity contribution is 0.0958. The molecule has 2 N–H and O–H groups in total. The average molecular weight is 441 g/mol. The highest BCUT2D eigenvalue weighted by Crippen LogP contribution is 2.25. The molecule has 32 heavy (non-hydrogen) atoms. The molecule has 4 rings (SSSR count). The molecule has 1 aromatic carbocycles. The lowest BCUT2D eigenvalue weighted by Gasteiger charge is -2.36. The molecule has 1 aliphatic rings. The average Bonchev–Trinajstić information content (AvgIpc) is 2.80. The maximum atomic E-state index is 14.6. The Morgan fingerprint density at radius 1 is 1.12 bits per heavy atom. The van der Waals surface area contributed by atoms with Gasteiger partial charge in [0.05, 0.1) is 22.3 Å². The van der Waals surface area contributed by atoms with Crippen LogP contribution in [0.25, 0.3) is 11.0 Å². The number of pyridine rings is 2. The van der Waals surface area contributed by atoms with Crippen molar-refractivity contribution in [2.45, 2.75) is 19.9 Å². The van der Waals surface area contributed by atoms with E-state index < -0.39 is 17.5 Å². The third-order valence-electron chi connectivity index (χ3n) is 5.83. The number of nitrogens with zero attached hydrogens (tertiary/aromatic N) is 3. The quantitative estimate of drug-likeness (QED) is 0.636. The molecule has 3 heterocycles. The Labute approximate surface area is 184 Å². The molecule has 2 aromatic heterocycles. The number of amides is 1. The molecule has 0 atom stereocenters. The minimum Gasteiger partial charge on any atom is -0.367 e. The number of carbonyl (C=O) groups is 1. The molecule has 3 aromatic rings. The number of H-pyrrole nitrogens is 1. The van der Waals surface area contributed by atoms with Crippen LogP contribution in [0, 0.1) is 11.6 Å². The van der Waals surface area contributed by atoms with Gasteiger partial charge in [0, 0.05) is 57.6 Å². The van der Waals surface area contributed by atoms with Gasteiger partial charge in [-0.25, -0.2) is 8.78 Å². The zero-order chi connectivity index (χ0) is 22.8. The molecule has 0 radical (unpaired) electrons. The van der Waals surface area contributed by atoms with Crippen LogP contribution in [-0.2, 0) is 13.0 Å². The maximum absolute atomic E-state index is 14.6. The van der Waals surface area contributed by atoms with Gasteiger partial charge in [0.15, 0.2) is 0 Å². The molecule has 0 bridgehead atoms. The third kappa shape index (κ3) is 4.34. The molecule has 0 saturated carbocycles. The van der Waals surface area contributed by atoms with Crippen molar-refractivity contribution >= 4 is 22.6 Å². The van der Waals surface area contributed by atoms with Crippen LogP contribution in [0.2, 0.25) is 0 Å². The van der Waals surface area contributed by atoms with Gasteiger partial charge in [0.2, 0.25) is 0 Å². The predicted octanol–water partition coefficient (Wildman–Crippen LogP) is 2.45. The lowest BCUT2D eigenvalue weighted by atomic mass is 10.1. The molecule has 0 aliphatic carbocycles. The van der Waals surface area contributed by atoms with Gasteiger partial charge in [-0.1, -0.05) is 6.92 Å². The summed E-state index contributed by atoms with van der Waals surface area (Å²) in [6.07, 6.45) is 2.46. The van der Waals surface area contributed by atoms with Crippen molar-refractivity contribution < 1.29 is 13.6 Å². The Hall–Kier alpha value is -3.33. The Kier molecular flexibility index (Phi) is 6.18. The van der Waals surface area contributed by atoms with E-state index in [0.717, 1.165) is 23.2 Å². The van der Waals surface area contributed by atoms with Gasteiger partial charge in [-0.15, -0.1) is 0 Å². The van der Waals surface area contributed by atoms with Crippen molar-refractivity contribution in [3.8, 4) is 0 Å². The number of aromatic nitrogens is 2. The number of benzene rings is 1. The molecule has 0 spiro atoms. The predicted molar refractivity (Wildman–Crippen MR) is 119 cm³/mol. The highest BCUT2D eigenvalue weighted by molar-refractivity contribution is 5.94. The van der Waals surface area contributed by atoms with E-state index in [4.69, 9.17) is 0 Å². The van der Waals surface area contributed by atoms with Crippen molar-refractivity contribution in [2.24, 2.45) is 0 Å². The molecule has 0 unspecified atom stereocenters. The lowest BCUT2D eigenvalue weighted by Crippen LogP contribution is -2.46. The van der Waals surface area contributed by atoms with E-state index in [1.165, 1.54) is 7.05 Å². The van der Waals surface area contributed by atoms with Gasteiger partial charge in [-0.05, 0) is 30.2 Å². The molecule has 1 amide bonds. The van der Waals surface area contributed by atoms with E-state index in [1.54, 1.807) is 11.1 Å². The van der Waals surface area contributed by atoms with Crippen LogP contribution in [0.15, 0.2) is 35.3 Å². The number of hydrogen-bond donors (Lipinski definition) is 2. The fourth-order valence-electron chi connectivity index (χ4n) is 4.01. The van der Waals surface area contributed by atoms with E-state index in [0.29, 0.717) is 50.2 Å². The monoisotopic (exact) mass is 441 g/mol. The fraction of sp³-hybridized carbons (Fsp3) is 0.348. The normalized spacial score (nSPS) is 14.7. The van der Waals surface area contributed by atoms with Crippen molar-refractivity contribution in [2.75, 3.05) is 38.1 Å². The number of aryl methyl sites for hydroxylation is 1. The van der Waals surface area contributed by atoms with Crippen LogP contribution in [0.5, 0.6) is 0 Å². The number of rotatable bonds is 5. The van der Waals surface area contributed by atoms with Crippen LogP contribution < -0.4 is 15.8 Å². The summed E-state index contributed by atoms with van der Waals surface area (Å²) in [4.78, 5) is 35.1. The van der Waals surface area contributed by atoms with Gasteiger partial charge in [-0.2, -0.15) is 0 Å². The van der Waals surface area contributed by atoms with Crippen LogP contribution in [-0.4, -0.2) is 54.0 Å². The van der Waals surface area contributed by atoms with Crippen molar-refractivity contribution in [1.29, 1.82) is 0 Å². The first-order valence-electron chi connectivity index (χ1n) is 10.6. The first-order chi connectivity index (χ1) is 15.4. The topological polar surface area (TPSA) is 81.3 Å². The van der Waals surface area contributed by atoms with Crippen LogP contribution >= 0.6 is 0 Å². The first kappa shape index (κ1) is 21.9. The summed E-state index contributed by atoms with van der Waals surface area (Å²) in [5.74, 6) is -2.02. The van der Waals surface area contributed by atoms with Gasteiger partial charge in [0.1, 0.15) is 11.6 Å². The minimum absolute atomic E-state index is 0.0933.